The summed E-state index contributed by atoms with van der Waals surface area (Å²) in [5.74, 6) is 0. The van der Waals surface area contributed by atoms with Gasteiger partial charge in [-0.15, -0.1) is 0 Å². The average Bonchev–Trinajstić information content (AvgIpc) is 3.69. The van der Waals surface area contributed by atoms with Crippen LogP contribution in [0.4, 0.5) is 0 Å². The SMILES string of the molecule is CCC[CH2][Sn](/[CH]=C/c1ccc2c(c1)C1(c3ccccc3-c3ccccc31)c1cc(/C=[CH]/[Sn]([CH2]CCC)([CH2]CCC)[CH2]CCC)ccc1-2)([CH2]CCC)[CH2]CCC. The Morgan fingerprint density at radius 1 is 0.382 bits per heavy atom. The van der Waals surface area contributed by atoms with Crippen LogP contribution < -0.4 is 0 Å². The van der Waals surface area contributed by atoms with Gasteiger partial charge in [0.15, 0.2) is 0 Å². The molecule has 0 saturated heterocycles. The first-order valence-electron chi connectivity index (χ1n) is 22.8. The van der Waals surface area contributed by atoms with Crippen molar-refractivity contribution in [1.29, 1.82) is 0 Å². The van der Waals surface area contributed by atoms with Gasteiger partial charge in [0.05, 0.1) is 0 Å². The van der Waals surface area contributed by atoms with Crippen LogP contribution in [0.15, 0.2) is 93.1 Å². The maximum absolute atomic E-state index is 2.87. The van der Waals surface area contributed by atoms with Crippen LogP contribution in [0.3, 0.4) is 0 Å². The molecule has 0 atom stereocenters. The van der Waals surface area contributed by atoms with Crippen molar-refractivity contribution >= 4 is 48.9 Å². The van der Waals surface area contributed by atoms with E-state index in [-0.39, 0.29) is 5.41 Å². The van der Waals surface area contributed by atoms with Gasteiger partial charge in [0, 0.05) is 0 Å². The van der Waals surface area contributed by atoms with Crippen LogP contribution in [0.2, 0.25) is 26.6 Å². The number of benzene rings is 4. The molecule has 0 amide bonds. The zero-order valence-corrected chi connectivity index (χ0v) is 41.3. The third-order valence-corrected chi connectivity index (χ3v) is 41.7. The summed E-state index contributed by atoms with van der Waals surface area (Å²) in [7, 11) is 0. The summed E-state index contributed by atoms with van der Waals surface area (Å²) in [5.41, 5.74) is 14.1. The molecule has 0 saturated carbocycles. The second kappa shape index (κ2) is 20.1. The molecule has 0 nitrogen and oxygen atoms in total. The molecule has 0 radical (unpaired) electrons. The van der Waals surface area contributed by atoms with Crippen molar-refractivity contribution in [2.75, 3.05) is 0 Å². The molecular weight excluding hydrogens is 874 g/mol. The monoisotopic (exact) mass is 948 g/mol. The fourth-order valence-electron chi connectivity index (χ4n) is 10.4. The molecule has 2 aliphatic carbocycles. The fraction of sp³-hybridized carbons (Fsp3) is 0.472. The van der Waals surface area contributed by atoms with E-state index in [1.807, 2.05) is 0 Å². The van der Waals surface area contributed by atoms with Crippen LogP contribution in [0.1, 0.15) is 152 Å². The molecule has 55 heavy (non-hydrogen) atoms. The topological polar surface area (TPSA) is 0 Å². The van der Waals surface area contributed by atoms with Crippen LogP contribution in [0.5, 0.6) is 0 Å². The maximum atomic E-state index is 2.87. The standard InChI is InChI=1S/C29H18.6C4H9.2Sn/c1-3-19-13-15-23-24-16-14-20(4-2)18-28(24)29(27(23)17-19)25-11-7-5-9-21(25)22-10-6-8-12-26(22)29;6*1-3-4-2;;/h1-18H;6*1,3-4H2,2H3;;. The van der Waals surface area contributed by atoms with Gasteiger partial charge in [-0.3, -0.25) is 0 Å². The van der Waals surface area contributed by atoms with Gasteiger partial charge in [-0.2, -0.15) is 0 Å². The van der Waals surface area contributed by atoms with E-state index in [2.05, 4.69) is 147 Å². The number of hydrogen-bond acceptors (Lipinski definition) is 0. The Hall–Kier alpha value is -2.04. The number of rotatable bonds is 22. The normalized spacial score (nSPS) is 14.2. The van der Waals surface area contributed by atoms with Gasteiger partial charge < -0.3 is 0 Å². The molecule has 0 aromatic heterocycles. The fourth-order valence-corrected chi connectivity index (χ4v) is 38.7. The zero-order valence-electron chi connectivity index (χ0n) is 35.6. The predicted molar refractivity (Wildman–Crippen MR) is 251 cm³/mol. The Morgan fingerprint density at radius 2 is 0.691 bits per heavy atom. The van der Waals surface area contributed by atoms with Gasteiger partial charge >= 0.3 is 348 Å². The van der Waals surface area contributed by atoms with E-state index in [0.717, 1.165) is 0 Å². The van der Waals surface area contributed by atoms with Gasteiger partial charge in [0.2, 0.25) is 0 Å². The molecule has 4 aromatic carbocycles. The molecule has 0 unspecified atom stereocenters. The summed E-state index contributed by atoms with van der Waals surface area (Å²) in [6, 6.07) is 33.8. The molecule has 2 aliphatic rings. The average molecular weight is 947 g/mol. The summed E-state index contributed by atoms with van der Waals surface area (Å²) in [6.07, 6.45) is 21.6. The number of unbranched alkanes of at least 4 members (excludes halogenated alkanes) is 6. The van der Waals surface area contributed by atoms with E-state index in [0.29, 0.717) is 0 Å². The van der Waals surface area contributed by atoms with E-state index >= 15 is 0 Å². The summed E-state index contributed by atoms with van der Waals surface area (Å²) >= 11 is -4.92. The van der Waals surface area contributed by atoms with Gasteiger partial charge in [-0.05, 0) is 0 Å². The van der Waals surface area contributed by atoms with Crippen molar-refractivity contribution in [1.82, 2.24) is 0 Å². The molecule has 1 spiro atoms. The third kappa shape index (κ3) is 9.01. The second-order valence-corrected chi connectivity index (χ2v) is 43.5. The van der Waals surface area contributed by atoms with Crippen LogP contribution >= 0.6 is 0 Å². The zero-order chi connectivity index (χ0) is 38.7. The quantitative estimate of drug-likeness (QED) is 0.0595. The molecule has 0 aliphatic heterocycles. The molecule has 0 N–H and O–H groups in total. The summed E-state index contributed by atoms with van der Waals surface area (Å²) in [5, 5.41) is 0. The summed E-state index contributed by atoms with van der Waals surface area (Å²) < 4.78 is 14.8. The first-order chi connectivity index (χ1) is 26.9. The predicted octanol–water partition coefficient (Wildman–Crippen LogP) is 16.8. The second-order valence-electron chi connectivity index (χ2n) is 17.5. The van der Waals surface area contributed by atoms with Crippen molar-refractivity contribution in [3.8, 4) is 22.3 Å². The first kappa shape index (κ1) is 42.6. The van der Waals surface area contributed by atoms with Crippen molar-refractivity contribution in [3.63, 3.8) is 0 Å². The molecule has 0 fully saturated rings. The molecule has 0 heterocycles. The van der Waals surface area contributed by atoms with E-state index in [4.69, 9.17) is 0 Å². The van der Waals surface area contributed by atoms with Gasteiger partial charge in [0.25, 0.3) is 0 Å². The molecular formula is C53H72Sn2. The number of hydrogen-bond donors (Lipinski definition) is 0. The Balaban J connectivity index is 1.51. The molecule has 2 heteroatoms. The van der Waals surface area contributed by atoms with E-state index in [1.54, 1.807) is 0 Å². The van der Waals surface area contributed by atoms with Crippen molar-refractivity contribution in [2.45, 2.75) is 151 Å². The molecule has 292 valence electrons. The van der Waals surface area contributed by atoms with E-state index < -0.39 is 36.8 Å². The Bertz CT molecular complexity index is 1730. The van der Waals surface area contributed by atoms with Crippen molar-refractivity contribution in [3.05, 3.63) is 126 Å². The molecule has 0 bridgehead atoms. The first-order valence-corrected chi connectivity index (χ1v) is 38.2. The Kier molecular flexibility index (Phi) is 15.5. The van der Waals surface area contributed by atoms with E-state index in [9.17, 15) is 0 Å². The number of fused-ring (bicyclic) bond motifs is 10. The van der Waals surface area contributed by atoms with Gasteiger partial charge in [-0.1, -0.05) is 0 Å². The third-order valence-electron chi connectivity index (χ3n) is 13.6. The minimum absolute atomic E-state index is 0.300. The van der Waals surface area contributed by atoms with Gasteiger partial charge in [-0.25, -0.2) is 0 Å². The van der Waals surface area contributed by atoms with Crippen molar-refractivity contribution < 1.29 is 0 Å². The Labute approximate surface area is 345 Å². The van der Waals surface area contributed by atoms with Gasteiger partial charge in [0.1, 0.15) is 0 Å². The molecule has 4 aromatic rings. The van der Waals surface area contributed by atoms with Crippen LogP contribution in [-0.2, 0) is 5.41 Å². The van der Waals surface area contributed by atoms with Crippen LogP contribution in [0, 0.1) is 0 Å². The van der Waals surface area contributed by atoms with E-state index in [1.165, 1.54) is 159 Å². The summed E-state index contributed by atoms with van der Waals surface area (Å²) in [4.78, 5) is 0. The Morgan fingerprint density at radius 3 is 1.02 bits per heavy atom. The van der Waals surface area contributed by atoms with Crippen LogP contribution in [0.25, 0.3) is 34.4 Å². The molecule has 6 rings (SSSR count). The van der Waals surface area contributed by atoms with Crippen molar-refractivity contribution in [2.24, 2.45) is 0 Å². The van der Waals surface area contributed by atoms with Crippen LogP contribution in [-0.4, -0.2) is 36.8 Å². The minimum atomic E-state index is -2.46. The summed E-state index contributed by atoms with van der Waals surface area (Å²) in [6.45, 7) is 14.3.